The topological polar surface area (TPSA) is 125 Å². The first-order chi connectivity index (χ1) is 13.5. The largest absolute Gasteiger partial charge is 0.454 e. The second-order valence-electron chi connectivity index (χ2n) is 6.83. The van der Waals surface area contributed by atoms with Crippen LogP contribution in [0.15, 0.2) is 0 Å². The summed E-state index contributed by atoms with van der Waals surface area (Å²) in [6, 6.07) is -2.06. The summed E-state index contributed by atoms with van der Waals surface area (Å²) in [5.74, 6) is -2.74. The first-order valence-corrected chi connectivity index (χ1v) is 8.86. The van der Waals surface area contributed by atoms with Gasteiger partial charge in [0.1, 0.15) is 18.6 Å². The molecule has 29 heavy (non-hydrogen) atoms. The zero-order valence-corrected chi connectivity index (χ0v) is 15.6. The smallest absolute Gasteiger partial charge is 0.405 e. The van der Waals surface area contributed by atoms with E-state index in [2.05, 4.69) is 4.74 Å². The van der Waals surface area contributed by atoms with Crippen LogP contribution in [0, 0.1) is 0 Å². The molecule has 2 rings (SSSR count). The van der Waals surface area contributed by atoms with Crippen LogP contribution in [0.3, 0.4) is 0 Å². The molecule has 13 heteroatoms. The van der Waals surface area contributed by atoms with Gasteiger partial charge in [-0.25, -0.2) is 9.59 Å². The summed E-state index contributed by atoms with van der Waals surface area (Å²) < 4.78 is 40.5. The molecule has 0 aromatic carbocycles. The Morgan fingerprint density at radius 1 is 1.14 bits per heavy atom. The predicted octanol–water partition coefficient (Wildman–Crippen LogP) is 0.515. The lowest BCUT2D eigenvalue weighted by molar-refractivity contribution is -0.151. The van der Waals surface area contributed by atoms with Crippen LogP contribution in [0.4, 0.5) is 22.8 Å². The van der Waals surface area contributed by atoms with Crippen LogP contribution in [-0.4, -0.2) is 78.1 Å². The van der Waals surface area contributed by atoms with Gasteiger partial charge < -0.3 is 15.0 Å². The third-order valence-electron chi connectivity index (χ3n) is 4.84. The Labute approximate surface area is 163 Å². The van der Waals surface area contributed by atoms with E-state index in [9.17, 15) is 37.1 Å². The number of carbonyl (C=O) groups excluding carboxylic acids is 5. The lowest BCUT2D eigenvalue weighted by Crippen LogP contribution is -2.49. The quantitative estimate of drug-likeness (QED) is 0.492. The first kappa shape index (κ1) is 22.4. The summed E-state index contributed by atoms with van der Waals surface area (Å²) in [5, 5.41) is 2.96. The molecule has 2 N–H and O–H groups in total. The average Bonchev–Trinajstić information content (AvgIpc) is 2.81. The van der Waals surface area contributed by atoms with Gasteiger partial charge >= 0.3 is 24.2 Å². The highest BCUT2D eigenvalue weighted by molar-refractivity contribution is 6.08. The van der Waals surface area contributed by atoms with Crippen molar-refractivity contribution in [2.75, 3.05) is 26.7 Å². The molecule has 10 nitrogen and oxygen atoms in total. The van der Waals surface area contributed by atoms with Crippen molar-refractivity contribution in [2.24, 2.45) is 0 Å². The number of likely N-dealkylation sites (N-methyl/N-ethyl adjacent to an activating group) is 1. The van der Waals surface area contributed by atoms with Crippen molar-refractivity contribution >= 4 is 29.8 Å². The molecule has 6 amide bonds. The fourth-order valence-electron chi connectivity index (χ4n) is 3.38. The number of hydrogen-bond acceptors (Lipinski definition) is 6. The number of urea groups is 2. The van der Waals surface area contributed by atoms with Crippen LogP contribution in [0.2, 0.25) is 0 Å². The highest BCUT2D eigenvalue weighted by Crippen LogP contribution is 2.39. The van der Waals surface area contributed by atoms with Crippen molar-refractivity contribution in [3.63, 3.8) is 0 Å². The van der Waals surface area contributed by atoms with Gasteiger partial charge in [0.25, 0.3) is 11.8 Å². The van der Waals surface area contributed by atoms with Crippen LogP contribution in [0.5, 0.6) is 0 Å². The minimum Gasteiger partial charge on any atom is -0.454 e. The number of nitrogens with zero attached hydrogens (tertiary/aromatic N) is 2. The number of amides is 6. The standard InChI is InChI=1S/C16H21F3N4O6/c1-22-14(28)23(12(26)15(22)5-3-2-4-6-15)7-11(25)29-8-10(24)21-13(27)20-9-16(17,18)19/h2-9H2,1H3,(H2,20,21,24,27). The van der Waals surface area contributed by atoms with E-state index >= 15 is 0 Å². The molecule has 1 aliphatic carbocycles. The lowest BCUT2D eigenvalue weighted by Gasteiger charge is -2.35. The second-order valence-corrected chi connectivity index (χ2v) is 6.83. The summed E-state index contributed by atoms with van der Waals surface area (Å²) in [7, 11) is 1.49. The van der Waals surface area contributed by atoms with E-state index < -0.39 is 61.3 Å². The van der Waals surface area contributed by atoms with Crippen molar-refractivity contribution in [3.05, 3.63) is 0 Å². The number of hydrogen-bond donors (Lipinski definition) is 2. The molecule has 1 saturated heterocycles. The van der Waals surface area contributed by atoms with Crippen LogP contribution in [-0.2, 0) is 19.1 Å². The summed E-state index contributed by atoms with van der Waals surface area (Å²) in [4.78, 5) is 61.6. The maximum atomic E-state index is 12.7. The van der Waals surface area contributed by atoms with Gasteiger partial charge in [0.15, 0.2) is 6.61 Å². The fraction of sp³-hybridized carbons (Fsp3) is 0.688. The van der Waals surface area contributed by atoms with E-state index in [0.717, 1.165) is 24.2 Å². The number of rotatable bonds is 5. The van der Waals surface area contributed by atoms with Crippen molar-refractivity contribution in [2.45, 2.75) is 43.8 Å². The van der Waals surface area contributed by atoms with E-state index in [1.165, 1.54) is 17.3 Å². The van der Waals surface area contributed by atoms with E-state index in [1.807, 2.05) is 0 Å². The van der Waals surface area contributed by atoms with E-state index in [1.54, 1.807) is 5.32 Å². The number of esters is 1. The number of ether oxygens (including phenoxy) is 1. The van der Waals surface area contributed by atoms with E-state index in [-0.39, 0.29) is 0 Å². The summed E-state index contributed by atoms with van der Waals surface area (Å²) in [6.45, 7) is -3.31. The number of carbonyl (C=O) groups is 5. The highest BCUT2D eigenvalue weighted by Gasteiger charge is 2.55. The Hall–Kier alpha value is -2.86. The Balaban J connectivity index is 1.81. The van der Waals surface area contributed by atoms with Gasteiger partial charge in [-0.1, -0.05) is 19.3 Å². The minimum atomic E-state index is -4.65. The lowest BCUT2D eigenvalue weighted by atomic mass is 9.81. The van der Waals surface area contributed by atoms with E-state index in [0.29, 0.717) is 12.8 Å². The molecule has 0 atom stereocenters. The summed E-state index contributed by atoms with van der Waals surface area (Å²) in [6.07, 6.45) is -1.16. The third-order valence-corrected chi connectivity index (χ3v) is 4.84. The Morgan fingerprint density at radius 3 is 2.34 bits per heavy atom. The molecular weight excluding hydrogens is 401 g/mol. The molecule has 0 unspecified atom stereocenters. The molecule has 1 aliphatic heterocycles. The van der Waals surface area contributed by atoms with Gasteiger partial charge in [-0.2, -0.15) is 13.2 Å². The summed E-state index contributed by atoms with van der Waals surface area (Å²) >= 11 is 0. The molecule has 2 fully saturated rings. The minimum absolute atomic E-state index is 0.495. The van der Waals surface area contributed by atoms with Crippen molar-refractivity contribution < 1.29 is 41.9 Å². The van der Waals surface area contributed by atoms with Gasteiger partial charge in [0, 0.05) is 7.05 Å². The molecule has 1 heterocycles. The van der Waals surface area contributed by atoms with Crippen LogP contribution < -0.4 is 10.6 Å². The van der Waals surface area contributed by atoms with Gasteiger partial charge in [-0.3, -0.25) is 24.6 Å². The molecule has 0 bridgehead atoms. The Bertz CT molecular complexity index is 705. The molecule has 2 aliphatic rings. The maximum Gasteiger partial charge on any atom is 0.405 e. The van der Waals surface area contributed by atoms with Gasteiger partial charge in [-0.15, -0.1) is 0 Å². The molecule has 0 radical (unpaired) electrons. The zero-order valence-electron chi connectivity index (χ0n) is 15.6. The fourth-order valence-corrected chi connectivity index (χ4v) is 3.38. The molecular formula is C16H21F3N4O6. The molecule has 0 aromatic rings. The van der Waals surface area contributed by atoms with Crippen molar-refractivity contribution in [3.8, 4) is 0 Å². The number of imide groups is 2. The SMILES string of the molecule is CN1C(=O)N(CC(=O)OCC(=O)NC(=O)NCC(F)(F)F)C(=O)C12CCCCC2. The summed E-state index contributed by atoms with van der Waals surface area (Å²) in [5.41, 5.74) is -0.969. The number of alkyl halides is 3. The second kappa shape index (κ2) is 8.66. The predicted molar refractivity (Wildman–Crippen MR) is 89.2 cm³/mol. The normalized spacial score (nSPS) is 18.8. The first-order valence-electron chi connectivity index (χ1n) is 8.86. The Kier molecular flexibility index (Phi) is 6.69. The van der Waals surface area contributed by atoms with Gasteiger partial charge in [0.2, 0.25) is 0 Å². The third kappa shape index (κ3) is 5.35. The Morgan fingerprint density at radius 2 is 1.76 bits per heavy atom. The molecule has 0 aromatic heterocycles. The van der Waals surface area contributed by atoms with Crippen LogP contribution in [0.25, 0.3) is 0 Å². The van der Waals surface area contributed by atoms with Crippen LogP contribution in [0.1, 0.15) is 32.1 Å². The zero-order chi connectivity index (χ0) is 21.8. The molecule has 1 saturated carbocycles. The average molecular weight is 422 g/mol. The number of halogens is 3. The highest BCUT2D eigenvalue weighted by atomic mass is 19.4. The maximum absolute atomic E-state index is 12.7. The number of nitrogens with one attached hydrogen (secondary N) is 2. The van der Waals surface area contributed by atoms with E-state index in [4.69, 9.17) is 0 Å². The van der Waals surface area contributed by atoms with Gasteiger partial charge in [0.05, 0.1) is 0 Å². The molecule has 1 spiro atoms. The monoisotopic (exact) mass is 422 g/mol. The van der Waals surface area contributed by atoms with Crippen molar-refractivity contribution in [1.82, 2.24) is 20.4 Å². The molecule has 162 valence electrons. The van der Waals surface area contributed by atoms with Crippen LogP contribution >= 0.6 is 0 Å². The van der Waals surface area contributed by atoms with Crippen molar-refractivity contribution in [1.29, 1.82) is 0 Å². The van der Waals surface area contributed by atoms with Gasteiger partial charge in [-0.05, 0) is 12.8 Å².